The minimum absolute atomic E-state index is 0. The van der Waals surface area contributed by atoms with Crippen LogP contribution in [0, 0.1) is 17.8 Å². The zero-order valence-electron chi connectivity index (χ0n) is 15.5. The van der Waals surface area contributed by atoms with Gasteiger partial charge in [0.25, 0.3) is 0 Å². The number of rotatable bonds is 3. The fraction of sp³-hybridized carbons (Fsp3) is 0.650. The van der Waals surface area contributed by atoms with Gasteiger partial charge in [0.05, 0.1) is 0 Å². The van der Waals surface area contributed by atoms with Crippen molar-refractivity contribution in [3.63, 3.8) is 0 Å². The number of ether oxygens (including phenoxy) is 1. The first-order chi connectivity index (χ1) is 11.3. The molecule has 3 rings (SSSR count). The van der Waals surface area contributed by atoms with Crippen LogP contribution in [0.25, 0.3) is 0 Å². The van der Waals surface area contributed by atoms with Gasteiger partial charge in [-0.3, -0.25) is 4.79 Å². The van der Waals surface area contributed by atoms with Crippen molar-refractivity contribution in [1.82, 2.24) is 0 Å². The second-order valence-electron chi connectivity index (χ2n) is 8.42. The maximum Gasteiger partial charge on any atom is 0.227 e. The molecule has 3 N–H and O–H groups in total. The number of anilines is 1. The van der Waals surface area contributed by atoms with Crippen molar-refractivity contribution in [2.75, 3.05) is 5.32 Å². The number of nitrogens with one attached hydrogen (secondary N) is 1. The molecule has 0 spiro atoms. The molecular formula is C20H31ClN2O2. The van der Waals surface area contributed by atoms with Crippen LogP contribution in [0.15, 0.2) is 24.3 Å². The van der Waals surface area contributed by atoms with E-state index in [-0.39, 0.29) is 29.8 Å². The SMILES string of the molecule is CC(C)(C)Oc1ccc(NC(=O)C2CC3CCCC(C2)C3N)cc1.Cl. The molecule has 25 heavy (non-hydrogen) atoms. The number of amides is 1. The van der Waals surface area contributed by atoms with Gasteiger partial charge in [-0.05, 0) is 82.6 Å². The molecular weight excluding hydrogens is 336 g/mol. The van der Waals surface area contributed by atoms with Crippen LogP contribution in [0.4, 0.5) is 5.69 Å². The van der Waals surface area contributed by atoms with E-state index in [2.05, 4.69) is 5.32 Å². The maximum atomic E-state index is 12.6. The van der Waals surface area contributed by atoms with E-state index in [1.54, 1.807) is 0 Å². The fourth-order valence-electron chi connectivity index (χ4n) is 4.21. The van der Waals surface area contributed by atoms with Crippen molar-refractivity contribution in [3.05, 3.63) is 24.3 Å². The summed E-state index contributed by atoms with van der Waals surface area (Å²) in [5.41, 5.74) is 6.94. The van der Waals surface area contributed by atoms with Crippen molar-refractivity contribution in [2.24, 2.45) is 23.5 Å². The van der Waals surface area contributed by atoms with E-state index in [1.165, 1.54) is 19.3 Å². The van der Waals surface area contributed by atoms with E-state index in [9.17, 15) is 4.79 Å². The van der Waals surface area contributed by atoms with Crippen molar-refractivity contribution in [1.29, 1.82) is 0 Å². The highest BCUT2D eigenvalue weighted by Crippen LogP contribution is 2.42. The van der Waals surface area contributed by atoms with Gasteiger partial charge in [0.1, 0.15) is 11.4 Å². The van der Waals surface area contributed by atoms with Gasteiger partial charge >= 0.3 is 0 Å². The van der Waals surface area contributed by atoms with Crippen LogP contribution in [0.5, 0.6) is 5.75 Å². The minimum atomic E-state index is -0.219. The summed E-state index contributed by atoms with van der Waals surface area (Å²) in [6.45, 7) is 6.06. The number of benzene rings is 1. The van der Waals surface area contributed by atoms with Gasteiger partial charge in [-0.1, -0.05) is 6.42 Å². The summed E-state index contributed by atoms with van der Waals surface area (Å²) in [5, 5.41) is 3.07. The molecule has 1 aromatic carbocycles. The molecule has 0 aliphatic heterocycles. The lowest BCUT2D eigenvalue weighted by molar-refractivity contribution is -0.122. The average Bonchev–Trinajstić information content (AvgIpc) is 2.47. The van der Waals surface area contributed by atoms with E-state index in [0.717, 1.165) is 24.3 Å². The van der Waals surface area contributed by atoms with Gasteiger partial charge in [0.2, 0.25) is 5.91 Å². The van der Waals surface area contributed by atoms with Gasteiger partial charge in [-0.2, -0.15) is 0 Å². The molecule has 1 amide bonds. The molecule has 2 saturated carbocycles. The smallest absolute Gasteiger partial charge is 0.227 e. The Hall–Kier alpha value is -1.26. The van der Waals surface area contributed by atoms with Crippen LogP contribution in [0.2, 0.25) is 0 Å². The summed E-state index contributed by atoms with van der Waals surface area (Å²) in [6.07, 6.45) is 5.51. The van der Waals surface area contributed by atoms with Gasteiger partial charge in [0, 0.05) is 17.6 Å². The van der Waals surface area contributed by atoms with Crippen LogP contribution in [-0.2, 0) is 4.79 Å². The summed E-state index contributed by atoms with van der Waals surface area (Å²) < 4.78 is 5.81. The van der Waals surface area contributed by atoms with Crippen molar-refractivity contribution >= 4 is 24.0 Å². The Labute approximate surface area is 157 Å². The first-order valence-electron chi connectivity index (χ1n) is 9.17. The monoisotopic (exact) mass is 366 g/mol. The third kappa shape index (κ3) is 5.11. The van der Waals surface area contributed by atoms with Crippen molar-refractivity contribution < 1.29 is 9.53 Å². The number of nitrogens with two attached hydrogens (primary N) is 1. The maximum absolute atomic E-state index is 12.6. The highest BCUT2D eigenvalue weighted by molar-refractivity contribution is 5.92. The Morgan fingerprint density at radius 2 is 1.68 bits per heavy atom. The molecule has 0 heterocycles. The highest BCUT2D eigenvalue weighted by atomic mass is 35.5. The third-order valence-corrected chi connectivity index (χ3v) is 5.33. The zero-order valence-corrected chi connectivity index (χ0v) is 16.3. The van der Waals surface area contributed by atoms with Gasteiger partial charge in [0.15, 0.2) is 0 Å². The molecule has 4 nitrogen and oxygen atoms in total. The van der Waals surface area contributed by atoms with Crippen LogP contribution in [-0.4, -0.2) is 17.6 Å². The predicted molar refractivity (Wildman–Crippen MR) is 104 cm³/mol. The first kappa shape index (κ1) is 20.1. The molecule has 1 aromatic rings. The minimum Gasteiger partial charge on any atom is -0.488 e. The Bertz CT molecular complexity index is 568. The second kappa shape index (κ2) is 7.96. The zero-order chi connectivity index (χ0) is 17.3. The van der Waals surface area contributed by atoms with E-state index in [0.29, 0.717) is 17.9 Å². The Morgan fingerprint density at radius 3 is 2.20 bits per heavy atom. The fourth-order valence-corrected chi connectivity index (χ4v) is 4.21. The Morgan fingerprint density at radius 1 is 1.12 bits per heavy atom. The molecule has 0 radical (unpaired) electrons. The molecule has 2 aliphatic carbocycles. The Balaban J connectivity index is 0.00000225. The molecule has 2 unspecified atom stereocenters. The molecule has 5 heteroatoms. The van der Waals surface area contributed by atoms with E-state index < -0.39 is 0 Å². The number of fused-ring (bicyclic) bond motifs is 2. The standard InChI is InChI=1S/C20H30N2O2.ClH/c1-20(2,3)24-17-9-7-16(8-10-17)22-19(23)15-11-13-5-4-6-14(12-15)18(13)21;/h7-10,13-15,18H,4-6,11-12,21H2,1-3H3,(H,22,23);1H. The lowest BCUT2D eigenvalue weighted by atomic mass is 9.65. The first-order valence-corrected chi connectivity index (χ1v) is 9.17. The molecule has 0 saturated heterocycles. The van der Waals surface area contributed by atoms with Gasteiger partial charge in [-0.25, -0.2) is 0 Å². The third-order valence-electron chi connectivity index (χ3n) is 5.33. The normalized spacial score (nSPS) is 28.6. The second-order valence-corrected chi connectivity index (χ2v) is 8.42. The molecule has 140 valence electrons. The van der Waals surface area contributed by atoms with Gasteiger partial charge < -0.3 is 15.8 Å². The number of halogens is 1. The number of hydrogen-bond donors (Lipinski definition) is 2. The summed E-state index contributed by atoms with van der Waals surface area (Å²) in [5.74, 6) is 2.11. The summed E-state index contributed by atoms with van der Waals surface area (Å²) in [7, 11) is 0. The van der Waals surface area contributed by atoms with Gasteiger partial charge in [-0.15, -0.1) is 12.4 Å². The average molecular weight is 367 g/mol. The van der Waals surface area contributed by atoms with Crippen molar-refractivity contribution in [2.45, 2.75) is 64.5 Å². The molecule has 2 aliphatic rings. The Kier molecular flexibility index (Phi) is 6.39. The lowest BCUT2D eigenvalue weighted by Gasteiger charge is -2.43. The highest BCUT2D eigenvalue weighted by Gasteiger charge is 2.40. The lowest BCUT2D eigenvalue weighted by Crippen LogP contribution is -2.48. The molecule has 2 fully saturated rings. The van der Waals surface area contributed by atoms with Crippen molar-refractivity contribution in [3.8, 4) is 5.75 Å². The van der Waals surface area contributed by atoms with E-state index in [4.69, 9.17) is 10.5 Å². The topological polar surface area (TPSA) is 64.3 Å². The van der Waals surface area contributed by atoms with E-state index in [1.807, 2.05) is 45.0 Å². The summed E-state index contributed by atoms with van der Waals surface area (Å²) >= 11 is 0. The number of hydrogen-bond acceptors (Lipinski definition) is 3. The van der Waals surface area contributed by atoms with E-state index >= 15 is 0 Å². The van der Waals surface area contributed by atoms with Crippen LogP contribution < -0.4 is 15.8 Å². The summed E-state index contributed by atoms with van der Waals surface area (Å²) in [6, 6.07) is 7.94. The quantitative estimate of drug-likeness (QED) is 0.834. The summed E-state index contributed by atoms with van der Waals surface area (Å²) in [4.78, 5) is 12.6. The molecule has 0 aromatic heterocycles. The predicted octanol–water partition coefficient (Wildman–Crippen LogP) is 4.38. The van der Waals surface area contributed by atoms with Crippen LogP contribution in [0.1, 0.15) is 52.9 Å². The number of carbonyl (C=O) groups is 1. The van der Waals surface area contributed by atoms with Crippen LogP contribution in [0.3, 0.4) is 0 Å². The largest absolute Gasteiger partial charge is 0.488 e. The number of carbonyl (C=O) groups excluding carboxylic acids is 1. The molecule has 2 atom stereocenters. The molecule has 2 bridgehead atoms. The van der Waals surface area contributed by atoms with Crippen LogP contribution >= 0.6 is 12.4 Å².